The first-order valence-electron chi connectivity index (χ1n) is 7.27. The Morgan fingerprint density at radius 1 is 0.375 bits per heavy atom. The molecule has 1 saturated heterocycles. The molecular weight excluding hydrogens is 357 g/mol. The molecule has 0 unspecified atom stereocenters. The van der Waals surface area contributed by atoms with Crippen molar-refractivity contribution in [1.82, 2.24) is 14.7 Å². The van der Waals surface area contributed by atoms with E-state index < -0.39 is 58.2 Å². The smallest absolute Gasteiger partial charge is 0.214 e. The lowest BCUT2D eigenvalue weighted by Gasteiger charge is -2.31. The zero-order valence-corrected chi connectivity index (χ0v) is 12.6. The molecule has 0 bridgehead atoms. The molecule has 1 fully saturated rings. The second kappa shape index (κ2) is 8.09. The van der Waals surface area contributed by atoms with Crippen molar-refractivity contribution in [3.8, 4) is 0 Å². The third kappa shape index (κ3) is 7.01. The molecule has 144 valence electrons. The van der Waals surface area contributed by atoms with Crippen molar-refractivity contribution < 1.29 is 39.5 Å². The summed E-state index contributed by atoms with van der Waals surface area (Å²) in [5.74, 6) is 0. The van der Waals surface area contributed by atoms with Gasteiger partial charge in [-0.2, -0.15) is 39.5 Å². The summed E-state index contributed by atoms with van der Waals surface area (Å²) < 4.78 is 115. The van der Waals surface area contributed by atoms with Gasteiger partial charge in [0.1, 0.15) is 0 Å². The minimum absolute atomic E-state index is 0.0439. The van der Waals surface area contributed by atoms with Crippen LogP contribution < -0.4 is 0 Å². The number of halogens is 9. The lowest BCUT2D eigenvalue weighted by Crippen LogP contribution is -2.47. The first kappa shape index (κ1) is 21.3. The molecule has 12 heteroatoms. The monoisotopic (exact) mass is 375 g/mol. The van der Waals surface area contributed by atoms with E-state index in [0.29, 0.717) is 0 Å². The summed E-state index contributed by atoms with van der Waals surface area (Å²) in [6.07, 6.45) is -15.5. The van der Waals surface area contributed by atoms with Crippen LogP contribution in [0.2, 0.25) is 0 Å². The van der Waals surface area contributed by atoms with E-state index in [1.54, 1.807) is 0 Å². The molecule has 0 aromatic rings. The van der Waals surface area contributed by atoms with Crippen LogP contribution in [-0.2, 0) is 0 Å². The minimum Gasteiger partial charge on any atom is -0.214 e. The van der Waals surface area contributed by atoms with Crippen molar-refractivity contribution in [2.45, 2.75) is 38.2 Å². The normalized spacial score (nSPS) is 22.9. The van der Waals surface area contributed by atoms with Crippen molar-refractivity contribution >= 4 is 0 Å². The van der Waals surface area contributed by atoms with E-state index in [1.165, 1.54) is 0 Å². The van der Waals surface area contributed by atoms with Crippen molar-refractivity contribution in [2.24, 2.45) is 0 Å². The van der Waals surface area contributed by atoms with Crippen LogP contribution >= 0.6 is 0 Å². The SMILES string of the molecule is FC(F)(F)N1CCCN(C(F)(F)F)CCCN(C(F)(F)F)CCC1. The Morgan fingerprint density at radius 2 is 0.542 bits per heavy atom. The van der Waals surface area contributed by atoms with Crippen LogP contribution in [-0.4, -0.2) is 72.9 Å². The summed E-state index contributed by atoms with van der Waals surface area (Å²) in [4.78, 5) is -0.132. The lowest BCUT2D eigenvalue weighted by atomic mass is 10.2. The highest BCUT2D eigenvalue weighted by molar-refractivity contribution is 4.71. The molecule has 0 aromatic heterocycles. The van der Waals surface area contributed by atoms with E-state index in [1.807, 2.05) is 0 Å². The maximum absolute atomic E-state index is 12.8. The van der Waals surface area contributed by atoms with Crippen LogP contribution in [0.3, 0.4) is 0 Å². The Kier molecular flexibility index (Phi) is 7.17. The van der Waals surface area contributed by atoms with Crippen LogP contribution in [0.25, 0.3) is 0 Å². The Morgan fingerprint density at radius 3 is 0.667 bits per heavy atom. The fraction of sp³-hybridized carbons (Fsp3) is 1.00. The molecule has 1 aliphatic heterocycles. The summed E-state index contributed by atoms with van der Waals surface area (Å²) in [6, 6.07) is 0. The van der Waals surface area contributed by atoms with Gasteiger partial charge in [-0.3, -0.25) is 0 Å². The molecule has 0 spiro atoms. The van der Waals surface area contributed by atoms with Gasteiger partial charge >= 0.3 is 18.9 Å². The summed E-state index contributed by atoms with van der Waals surface area (Å²) >= 11 is 0. The van der Waals surface area contributed by atoms with E-state index in [0.717, 1.165) is 0 Å². The standard InChI is InChI=1S/C12H18F9N3/c13-10(14,15)22-4-1-5-23(11(16,17)18)7-3-9-24(8-2-6-22)12(19,20)21/h1-9H2. The zero-order chi connectivity index (χ0) is 18.6. The molecule has 0 radical (unpaired) electrons. The largest absolute Gasteiger partial charge is 0.459 e. The fourth-order valence-corrected chi connectivity index (χ4v) is 2.45. The van der Waals surface area contributed by atoms with E-state index >= 15 is 0 Å². The van der Waals surface area contributed by atoms with Gasteiger partial charge in [-0.25, -0.2) is 14.7 Å². The van der Waals surface area contributed by atoms with Gasteiger partial charge in [0.2, 0.25) is 0 Å². The predicted molar refractivity (Wildman–Crippen MR) is 66.7 cm³/mol. The predicted octanol–water partition coefficient (Wildman–Crippen LogP) is 3.64. The van der Waals surface area contributed by atoms with Crippen molar-refractivity contribution in [3.63, 3.8) is 0 Å². The van der Waals surface area contributed by atoms with Crippen molar-refractivity contribution in [2.75, 3.05) is 39.3 Å². The van der Waals surface area contributed by atoms with E-state index in [9.17, 15) is 39.5 Å². The molecule has 0 saturated carbocycles. The topological polar surface area (TPSA) is 9.72 Å². The molecule has 24 heavy (non-hydrogen) atoms. The lowest BCUT2D eigenvalue weighted by molar-refractivity contribution is -0.262. The molecule has 0 atom stereocenters. The van der Waals surface area contributed by atoms with E-state index in [-0.39, 0.29) is 34.0 Å². The first-order valence-corrected chi connectivity index (χ1v) is 7.27. The Hall–Kier alpha value is -0.750. The van der Waals surface area contributed by atoms with Crippen molar-refractivity contribution in [3.05, 3.63) is 0 Å². The van der Waals surface area contributed by atoms with Crippen LogP contribution in [0, 0.1) is 0 Å². The maximum Gasteiger partial charge on any atom is 0.459 e. The molecule has 0 aliphatic carbocycles. The Bertz CT molecular complexity index is 308. The van der Waals surface area contributed by atoms with Gasteiger partial charge in [0, 0.05) is 39.3 Å². The molecule has 0 aromatic carbocycles. The molecule has 1 heterocycles. The van der Waals surface area contributed by atoms with Crippen molar-refractivity contribution in [1.29, 1.82) is 0 Å². The maximum atomic E-state index is 12.8. The molecule has 1 aliphatic rings. The zero-order valence-electron chi connectivity index (χ0n) is 12.6. The molecule has 3 nitrogen and oxygen atoms in total. The second-order valence-electron chi connectivity index (χ2n) is 5.43. The average molecular weight is 375 g/mol. The summed E-state index contributed by atoms with van der Waals surface area (Å²) in [6.45, 7) is -4.15. The number of alkyl halides is 9. The summed E-state index contributed by atoms with van der Waals surface area (Å²) in [5.41, 5.74) is 0. The summed E-state index contributed by atoms with van der Waals surface area (Å²) in [5, 5.41) is 0. The quantitative estimate of drug-likeness (QED) is 0.473. The molecule has 1 rings (SSSR count). The van der Waals surface area contributed by atoms with Crippen LogP contribution in [0.15, 0.2) is 0 Å². The highest BCUT2D eigenvalue weighted by Gasteiger charge is 2.41. The van der Waals surface area contributed by atoms with Gasteiger partial charge in [-0.15, -0.1) is 0 Å². The van der Waals surface area contributed by atoms with Crippen LogP contribution in [0.5, 0.6) is 0 Å². The van der Waals surface area contributed by atoms with Gasteiger partial charge in [-0.05, 0) is 19.3 Å². The average Bonchev–Trinajstić information content (AvgIpc) is 2.34. The van der Waals surface area contributed by atoms with Crippen LogP contribution in [0.4, 0.5) is 39.5 Å². The highest BCUT2D eigenvalue weighted by atomic mass is 19.4. The van der Waals surface area contributed by atoms with E-state index in [4.69, 9.17) is 0 Å². The third-order valence-corrected chi connectivity index (χ3v) is 3.64. The van der Waals surface area contributed by atoms with Gasteiger partial charge in [0.05, 0.1) is 0 Å². The third-order valence-electron chi connectivity index (χ3n) is 3.64. The molecule has 0 N–H and O–H groups in total. The Balaban J connectivity index is 2.86. The summed E-state index contributed by atoms with van der Waals surface area (Å²) in [7, 11) is 0. The van der Waals surface area contributed by atoms with Gasteiger partial charge < -0.3 is 0 Å². The first-order chi connectivity index (χ1) is 10.8. The number of hydrogen-bond acceptors (Lipinski definition) is 3. The molecule has 0 amide bonds. The Labute approximate surface area is 133 Å². The fourth-order valence-electron chi connectivity index (χ4n) is 2.45. The molecular formula is C12H18F9N3. The van der Waals surface area contributed by atoms with E-state index in [2.05, 4.69) is 0 Å². The van der Waals surface area contributed by atoms with Gasteiger partial charge in [0.15, 0.2) is 0 Å². The number of nitrogens with zero attached hydrogens (tertiary/aromatic N) is 3. The number of rotatable bonds is 0. The minimum atomic E-state index is -4.80. The highest BCUT2D eigenvalue weighted by Crippen LogP contribution is 2.27. The van der Waals surface area contributed by atoms with Gasteiger partial charge in [0.25, 0.3) is 0 Å². The van der Waals surface area contributed by atoms with Gasteiger partial charge in [-0.1, -0.05) is 0 Å². The van der Waals surface area contributed by atoms with Crippen LogP contribution in [0.1, 0.15) is 19.3 Å². The number of hydrogen-bond donors (Lipinski definition) is 0. The second-order valence-corrected chi connectivity index (χ2v) is 5.43.